The Morgan fingerprint density at radius 3 is 2.70 bits per heavy atom. The lowest BCUT2D eigenvalue weighted by molar-refractivity contribution is -0.384. The lowest BCUT2D eigenvalue weighted by atomic mass is 10.1. The van der Waals surface area contributed by atoms with E-state index in [0.29, 0.717) is 5.56 Å². The van der Waals surface area contributed by atoms with Crippen molar-refractivity contribution in [3.05, 3.63) is 46.0 Å². The van der Waals surface area contributed by atoms with Crippen molar-refractivity contribution in [3.8, 4) is 0 Å². The van der Waals surface area contributed by atoms with Gasteiger partial charge in [-0.05, 0) is 6.92 Å². The van der Waals surface area contributed by atoms with Crippen molar-refractivity contribution in [1.82, 2.24) is 5.32 Å². The fourth-order valence-electron chi connectivity index (χ4n) is 1.47. The van der Waals surface area contributed by atoms with E-state index in [1.54, 1.807) is 13.0 Å². The molecule has 0 heterocycles. The standard InChI is InChI=1S/C13H14N2O5/c1-3-20-13(17)8-12(14-9(2)16)10-5-4-6-11(7-10)15(18)19/h4-8H,3H2,1-2H3,(H,14,16)/b12-8+. The smallest absolute Gasteiger partial charge is 0.332 e. The second kappa shape index (κ2) is 7.03. The quantitative estimate of drug-likeness (QED) is 0.382. The van der Waals surface area contributed by atoms with Crippen LogP contribution in [0.25, 0.3) is 5.70 Å². The zero-order valence-corrected chi connectivity index (χ0v) is 11.1. The molecule has 0 spiro atoms. The molecule has 0 saturated heterocycles. The molecular formula is C13H14N2O5. The average molecular weight is 278 g/mol. The monoisotopic (exact) mass is 278 g/mol. The molecule has 0 aliphatic heterocycles. The minimum absolute atomic E-state index is 0.136. The third-order valence-electron chi connectivity index (χ3n) is 2.23. The van der Waals surface area contributed by atoms with Gasteiger partial charge in [-0.2, -0.15) is 0 Å². The van der Waals surface area contributed by atoms with Gasteiger partial charge in [0.15, 0.2) is 0 Å². The summed E-state index contributed by atoms with van der Waals surface area (Å²) in [4.78, 5) is 32.8. The number of esters is 1. The number of carbonyl (C=O) groups is 2. The van der Waals surface area contributed by atoms with Crippen LogP contribution >= 0.6 is 0 Å². The molecule has 106 valence electrons. The minimum atomic E-state index is -0.636. The van der Waals surface area contributed by atoms with Gasteiger partial charge in [0.05, 0.1) is 17.2 Å². The van der Waals surface area contributed by atoms with Gasteiger partial charge in [0.25, 0.3) is 5.69 Å². The first-order valence-corrected chi connectivity index (χ1v) is 5.85. The predicted molar refractivity (Wildman–Crippen MR) is 71.5 cm³/mol. The summed E-state index contributed by atoms with van der Waals surface area (Å²) in [7, 11) is 0. The van der Waals surface area contributed by atoms with Gasteiger partial charge in [0.1, 0.15) is 0 Å². The maximum Gasteiger partial charge on any atom is 0.332 e. The summed E-state index contributed by atoms with van der Waals surface area (Å²) in [5.41, 5.74) is 0.365. The number of ether oxygens (including phenoxy) is 1. The van der Waals surface area contributed by atoms with Crippen LogP contribution in [0.3, 0.4) is 0 Å². The maximum absolute atomic E-state index is 11.4. The molecule has 1 aromatic rings. The molecule has 7 nitrogen and oxygen atoms in total. The number of rotatable bonds is 5. The van der Waals surface area contributed by atoms with E-state index < -0.39 is 16.8 Å². The molecule has 0 saturated carbocycles. The van der Waals surface area contributed by atoms with Crippen LogP contribution in [0.2, 0.25) is 0 Å². The molecule has 1 N–H and O–H groups in total. The van der Waals surface area contributed by atoms with E-state index in [-0.39, 0.29) is 18.0 Å². The number of non-ortho nitro benzene ring substituents is 1. The summed E-state index contributed by atoms with van der Waals surface area (Å²) in [6, 6.07) is 5.60. The number of nitro benzene ring substituents is 1. The van der Waals surface area contributed by atoms with Crippen molar-refractivity contribution >= 4 is 23.3 Å². The molecule has 0 aromatic heterocycles. The molecule has 1 aromatic carbocycles. The number of nitrogens with one attached hydrogen (secondary N) is 1. The molecule has 0 aliphatic carbocycles. The average Bonchev–Trinajstić information content (AvgIpc) is 2.38. The highest BCUT2D eigenvalue weighted by molar-refractivity contribution is 5.95. The van der Waals surface area contributed by atoms with Gasteiger partial charge in [-0.25, -0.2) is 4.79 Å². The van der Waals surface area contributed by atoms with Gasteiger partial charge < -0.3 is 10.1 Å². The molecule has 20 heavy (non-hydrogen) atoms. The summed E-state index contributed by atoms with van der Waals surface area (Å²) < 4.78 is 4.75. The van der Waals surface area contributed by atoms with Crippen molar-refractivity contribution in [3.63, 3.8) is 0 Å². The molecule has 0 bridgehead atoms. The van der Waals surface area contributed by atoms with E-state index in [1.165, 1.54) is 25.1 Å². The van der Waals surface area contributed by atoms with Crippen molar-refractivity contribution in [2.45, 2.75) is 13.8 Å². The van der Waals surface area contributed by atoms with Crippen LogP contribution in [0.1, 0.15) is 19.4 Å². The molecule has 1 rings (SSSR count). The highest BCUT2D eigenvalue weighted by Gasteiger charge is 2.11. The van der Waals surface area contributed by atoms with Crippen molar-refractivity contribution in [2.24, 2.45) is 0 Å². The number of nitrogens with zero attached hydrogens (tertiary/aromatic N) is 1. The van der Waals surface area contributed by atoms with Crippen molar-refractivity contribution in [1.29, 1.82) is 0 Å². The molecule has 0 unspecified atom stereocenters. The Morgan fingerprint density at radius 2 is 2.15 bits per heavy atom. The lowest BCUT2D eigenvalue weighted by Crippen LogP contribution is -2.19. The molecule has 0 fully saturated rings. The normalized spacial score (nSPS) is 10.8. The predicted octanol–water partition coefficient (Wildman–Crippen LogP) is 1.63. The minimum Gasteiger partial charge on any atom is -0.463 e. The van der Waals surface area contributed by atoms with Crippen LogP contribution in [-0.2, 0) is 14.3 Å². The van der Waals surface area contributed by atoms with Gasteiger partial charge in [-0.15, -0.1) is 0 Å². The van der Waals surface area contributed by atoms with E-state index in [4.69, 9.17) is 4.74 Å². The number of carbonyl (C=O) groups excluding carboxylic acids is 2. The van der Waals surface area contributed by atoms with Crippen molar-refractivity contribution in [2.75, 3.05) is 6.61 Å². The highest BCUT2D eigenvalue weighted by atomic mass is 16.6. The van der Waals surface area contributed by atoms with Crippen LogP contribution in [0.15, 0.2) is 30.3 Å². The fraction of sp³-hybridized carbons (Fsp3) is 0.231. The Morgan fingerprint density at radius 1 is 1.45 bits per heavy atom. The lowest BCUT2D eigenvalue weighted by Gasteiger charge is -2.08. The van der Waals surface area contributed by atoms with Crippen LogP contribution in [0.4, 0.5) is 5.69 Å². The number of amides is 1. The Hall–Kier alpha value is -2.70. The zero-order valence-electron chi connectivity index (χ0n) is 11.1. The molecule has 7 heteroatoms. The van der Waals surface area contributed by atoms with E-state index in [1.807, 2.05) is 0 Å². The highest BCUT2D eigenvalue weighted by Crippen LogP contribution is 2.18. The van der Waals surface area contributed by atoms with E-state index in [9.17, 15) is 19.7 Å². The van der Waals surface area contributed by atoms with Crippen molar-refractivity contribution < 1.29 is 19.2 Å². The number of hydrogen-bond donors (Lipinski definition) is 1. The number of benzene rings is 1. The summed E-state index contributed by atoms with van der Waals surface area (Å²) in [6.07, 6.45) is 1.09. The summed E-state index contributed by atoms with van der Waals surface area (Å²) in [5.74, 6) is -1.03. The summed E-state index contributed by atoms with van der Waals surface area (Å²) >= 11 is 0. The summed E-state index contributed by atoms with van der Waals surface area (Å²) in [6.45, 7) is 3.12. The Balaban J connectivity index is 3.16. The van der Waals surface area contributed by atoms with Gasteiger partial charge in [0, 0.05) is 30.7 Å². The topological polar surface area (TPSA) is 98.5 Å². The Bertz CT molecular complexity index is 566. The fourth-order valence-corrected chi connectivity index (χ4v) is 1.47. The SMILES string of the molecule is CCOC(=O)/C=C(/NC(C)=O)c1cccc([N+](=O)[O-])c1. The number of nitro groups is 1. The third-order valence-corrected chi connectivity index (χ3v) is 2.23. The summed E-state index contributed by atoms with van der Waals surface area (Å²) in [5, 5.41) is 13.2. The van der Waals surface area contributed by atoms with Gasteiger partial charge in [0.2, 0.25) is 5.91 Å². The second-order valence-corrected chi connectivity index (χ2v) is 3.80. The molecule has 0 atom stereocenters. The maximum atomic E-state index is 11.4. The third kappa shape index (κ3) is 4.52. The second-order valence-electron chi connectivity index (χ2n) is 3.80. The van der Waals surface area contributed by atoms with E-state index in [2.05, 4.69) is 5.32 Å². The Kier molecular flexibility index (Phi) is 5.40. The molecule has 0 aliphatic rings. The van der Waals surface area contributed by atoms with Crippen LogP contribution in [0.5, 0.6) is 0 Å². The van der Waals surface area contributed by atoms with Gasteiger partial charge in [-0.3, -0.25) is 14.9 Å². The first kappa shape index (κ1) is 15.4. The number of hydrogen-bond acceptors (Lipinski definition) is 5. The molecule has 1 amide bonds. The molecule has 0 radical (unpaired) electrons. The van der Waals surface area contributed by atoms with Crippen LogP contribution in [-0.4, -0.2) is 23.4 Å². The first-order chi connectivity index (χ1) is 9.43. The van der Waals surface area contributed by atoms with Crippen LogP contribution in [0, 0.1) is 10.1 Å². The Labute approximate surface area is 115 Å². The van der Waals surface area contributed by atoms with E-state index >= 15 is 0 Å². The molecular weight excluding hydrogens is 264 g/mol. The zero-order chi connectivity index (χ0) is 15.1. The largest absolute Gasteiger partial charge is 0.463 e. The van der Waals surface area contributed by atoms with Gasteiger partial charge >= 0.3 is 5.97 Å². The first-order valence-electron chi connectivity index (χ1n) is 5.85. The van der Waals surface area contributed by atoms with Crippen LogP contribution < -0.4 is 5.32 Å². The van der Waals surface area contributed by atoms with E-state index in [0.717, 1.165) is 6.08 Å². The van der Waals surface area contributed by atoms with Gasteiger partial charge in [-0.1, -0.05) is 12.1 Å².